The third-order valence-corrected chi connectivity index (χ3v) is 3.39. The van der Waals surface area contributed by atoms with Gasteiger partial charge in [-0.05, 0) is 0 Å². The van der Waals surface area contributed by atoms with Crippen LogP contribution in [0.25, 0.3) is 0 Å². The second kappa shape index (κ2) is 6.26. The topological polar surface area (TPSA) is 224 Å². The van der Waals surface area contributed by atoms with E-state index in [4.69, 9.17) is 19.6 Å². The van der Waals surface area contributed by atoms with Gasteiger partial charge in [0.1, 0.15) is 18.3 Å². The Morgan fingerprint density at radius 1 is 1.00 bits per heavy atom. The number of phosphoric ester groups is 2. The van der Waals surface area contributed by atoms with Crippen molar-refractivity contribution in [3.63, 3.8) is 0 Å². The molecule has 8 N–H and O–H groups in total. The first-order chi connectivity index (χ1) is 9.25. The van der Waals surface area contributed by atoms with Crippen LogP contribution in [0.4, 0.5) is 0 Å². The molecule has 0 aromatic rings. The Hall–Kier alpha value is 0.0200. The quantitative estimate of drug-likeness (QED) is 0.176. The lowest BCUT2D eigenvalue weighted by atomic mass is 9.98. The molecule has 1 saturated heterocycles. The van der Waals surface area contributed by atoms with Gasteiger partial charge in [-0.1, -0.05) is 0 Å². The number of hydrogen-bond donors (Lipinski definition) is 8. The Bertz CT molecular complexity index is 456. The third-order valence-electron chi connectivity index (χ3n) is 2.41. The molecule has 0 saturated carbocycles. The number of aliphatic hydroxyl groups is 4. The molecule has 0 radical (unpaired) electrons. The van der Waals surface area contributed by atoms with Crippen molar-refractivity contribution in [3.05, 3.63) is 0 Å². The van der Waals surface area contributed by atoms with Gasteiger partial charge < -0.3 is 44.7 Å². The van der Waals surface area contributed by atoms with Gasteiger partial charge in [0, 0.05) is 0 Å². The minimum atomic E-state index is -5.38. The number of ether oxygens (including phenoxy) is 1. The zero-order chi connectivity index (χ0) is 16.6. The lowest BCUT2D eigenvalue weighted by Crippen LogP contribution is -2.65. The van der Waals surface area contributed by atoms with Gasteiger partial charge in [0.2, 0.25) is 0 Å². The maximum Gasteiger partial charge on any atom is 0.474 e. The fourth-order valence-electron chi connectivity index (χ4n) is 1.53. The zero-order valence-corrected chi connectivity index (χ0v) is 11.8. The monoisotopic (exact) mass is 356 g/mol. The zero-order valence-electron chi connectivity index (χ0n) is 10.0. The summed E-state index contributed by atoms with van der Waals surface area (Å²) in [5.74, 6) is -3.43. The molecular formula is C6H14O13P2. The molecule has 15 heteroatoms. The van der Waals surface area contributed by atoms with Gasteiger partial charge in [-0.25, -0.2) is 13.7 Å². The second-order valence-electron chi connectivity index (χ2n) is 4.08. The molecule has 1 rings (SSSR count). The molecule has 1 fully saturated rings. The van der Waals surface area contributed by atoms with E-state index in [2.05, 4.69) is 13.8 Å². The maximum atomic E-state index is 10.7. The molecule has 0 spiro atoms. The summed E-state index contributed by atoms with van der Waals surface area (Å²) in [6.07, 6.45) is -8.55. The van der Waals surface area contributed by atoms with Crippen LogP contribution in [0, 0.1) is 0 Å². The van der Waals surface area contributed by atoms with E-state index in [9.17, 15) is 29.6 Å². The summed E-state index contributed by atoms with van der Waals surface area (Å²) in [4.78, 5) is 34.2. The van der Waals surface area contributed by atoms with Crippen LogP contribution in [-0.4, -0.2) is 77.0 Å². The fourth-order valence-corrected chi connectivity index (χ4v) is 2.36. The average Bonchev–Trinajstić information content (AvgIpc) is 2.26. The van der Waals surface area contributed by atoms with Crippen LogP contribution in [0.3, 0.4) is 0 Å². The van der Waals surface area contributed by atoms with E-state index < -0.39 is 52.6 Å². The first-order valence-corrected chi connectivity index (χ1v) is 8.22. The van der Waals surface area contributed by atoms with Gasteiger partial charge in [-0.2, -0.15) is 0 Å². The summed E-state index contributed by atoms with van der Waals surface area (Å²) in [6, 6.07) is 0. The molecule has 0 aliphatic carbocycles. The SMILES string of the molecule is O=P(O)(O)OC[C@H]1O[C@@](O)(OP(=O)(O)O)[C@H](O)[C@@H](O)[C@H]1O. The predicted octanol–water partition coefficient (Wildman–Crippen LogP) is -3.67. The normalized spacial score (nSPS) is 38.5. The van der Waals surface area contributed by atoms with Crippen molar-refractivity contribution in [2.45, 2.75) is 30.4 Å². The summed E-state index contributed by atoms with van der Waals surface area (Å²) in [6.45, 7) is -1.08. The largest absolute Gasteiger partial charge is 0.474 e. The van der Waals surface area contributed by atoms with Gasteiger partial charge in [-0.3, -0.25) is 4.52 Å². The molecule has 0 bridgehead atoms. The van der Waals surface area contributed by atoms with E-state index in [1.807, 2.05) is 0 Å². The molecular weight excluding hydrogens is 342 g/mol. The summed E-state index contributed by atoms with van der Waals surface area (Å²) in [7, 11) is -10.4. The summed E-state index contributed by atoms with van der Waals surface area (Å²) in [5, 5.41) is 38.0. The lowest BCUT2D eigenvalue weighted by molar-refractivity contribution is -0.425. The van der Waals surface area contributed by atoms with Crippen LogP contribution < -0.4 is 0 Å². The Morgan fingerprint density at radius 2 is 1.52 bits per heavy atom. The van der Waals surface area contributed by atoms with E-state index in [0.717, 1.165) is 0 Å². The summed E-state index contributed by atoms with van der Waals surface area (Å²) < 4.78 is 33.4. The highest BCUT2D eigenvalue weighted by Crippen LogP contribution is 2.45. The van der Waals surface area contributed by atoms with Gasteiger partial charge in [0.05, 0.1) is 6.61 Å². The molecule has 126 valence electrons. The number of aliphatic hydroxyl groups excluding tert-OH is 3. The van der Waals surface area contributed by atoms with E-state index in [1.54, 1.807) is 0 Å². The van der Waals surface area contributed by atoms with Crippen LogP contribution in [0.2, 0.25) is 0 Å². The Kier molecular flexibility index (Phi) is 5.68. The van der Waals surface area contributed by atoms with Crippen molar-refractivity contribution in [1.82, 2.24) is 0 Å². The minimum Gasteiger partial charge on any atom is -0.387 e. The van der Waals surface area contributed by atoms with E-state index in [1.165, 1.54) is 0 Å². The van der Waals surface area contributed by atoms with Crippen molar-refractivity contribution in [2.75, 3.05) is 6.61 Å². The molecule has 0 amide bonds. The van der Waals surface area contributed by atoms with Crippen LogP contribution >= 0.6 is 15.6 Å². The van der Waals surface area contributed by atoms with E-state index in [0.29, 0.717) is 0 Å². The highest BCUT2D eigenvalue weighted by atomic mass is 31.2. The third kappa shape index (κ3) is 5.30. The van der Waals surface area contributed by atoms with Crippen molar-refractivity contribution in [3.8, 4) is 0 Å². The van der Waals surface area contributed by atoms with Crippen LogP contribution in [0.1, 0.15) is 0 Å². The molecule has 1 aliphatic heterocycles. The van der Waals surface area contributed by atoms with Crippen molar-refractivity contribution in [2.24, 2.45) is 0 Å². The van der Waals surface area contributed by atoms with E-state index >= 15 is 0 Å². The van der Waals surface area contributed by atoms with Gasteiger partial charge >= 0.3 is 21.6 Å². The fraction of sp³-hybridized carbons (Fsp3) is 1.00. The number of rotatable bonds is 5. The summed E-state index contributed by atoms with van der Waals surface area (Å²) in [5.41, 5.74) is 0. The predicted molar refractivity (Wildman–Crippen MR) is 59.0 cm³/mol. The van der Waals surface area contributed by atoms with Gasteiger partial charge in [0.15, 0.2) is 6.10 Å². The van der Waals surface area contributed by atoms with Crippen LogP contribution in [-0.2, 0) is 22.9 Å². The van der Waals surface area contributed by atoms with Crippen molar-refractivity contribution >= 4 is 15.6 Å². The molecule has 13 nitrogen and oxygen atoms in total. The maximum absolute atomic E-state index is 10.7. The molecule has 0 unspecified atom stereocenters. The molecule has 21 heavy (non-hydrogen) atoms. The second-order valence-corrected chi connectivity index (χ2v) is 6.48. The van der Waals surface area contributed by atoms with E-state index in [-0.39, 0.29) is 0 Å². The van der Waals surface area contributed by atoms with Crippen molar-refractivity contribution in [1.29, 1.82) is 0 Å². The Labute approximate surface area is 116 Å². The standard InChI is InChI=1S/C6H14O13P2/c7-3-2(1-17-20(11,12)13)18-6(10,5(9)4(3)8)19-21(14,15)16/h2-5,7-10H,1H2,(H2,11,12,13)(H2,14,15,16)/t2-,3+,4+,5-,6-/m1/s1. The lowest BCUT2D eigenvalue weighted by Gasteiger charge is -2.44. The molecule has 5 atom stereocenters. The van der Waals surface area contributed by atoms with Crippen LogP contribution in [0.5, 0.6) is 0 Å². The first kappa shape index (κ1) is 19.1. The molecule has 0 aromatic heterocycles. The van der Waals surface area contributed by atoms with Crippen molar-refractivity contribution < 1.29 is 62.9 Å². The molecule has 1 heterocycles. The molecule has 1 aliphatic rings. The van der Waals surface area contributed by atoms with Gasteiger partial charge in [-0.15, -0.1) is 0 Å². The first-order valence-electron chi connectivity index (χ1n) is 5.16. The number of phosphoric acid groups is 2. The molecule has 0 aromatic carbocycles. The highest BCUT2D eigenvalue weighted by molar-refractivity contribution is 7.46. The highest BCUT2D eigenvalue weighted by Gasteiger charge is 2.57. The van der Waals surface area contributed by atoms with Crippen LogP contribution in [0.15, 0.2) is 0 Å². The Morgan fingerprint density at radius 3 is 1.95 bits per heavy atom. The van der Waals surface area contributed by atoms with Gasteiger partial charge in [0.25, 0.3) is 0 Å². The smallest absolute Gasteiger partial charge is 0.387 e. The Balaban J connectivity index is 2.92. The number of hydrogen-bond acceptors (Lipinski definition) is 9. The minimum absolute atomic E-state index is 1.08. The average molecular weight is 356 g/mol. The summed E-state index contributed by atoms with van der Waals surface area (Å²) >= 11 is 0.